The number of fused-ring (bicyclic) bond motifs is 1. The van der Waals surface area contributed by atoms with E-state index in [0.717, 1.165) is 50.2 Å². The lowest BCUT2D eigenvalue weighted by atomic mass is 10.1. The Morgan fingerprint density at radius 3 is 2.43 bits per heavy atom. The van der Waals surface area contributed by atoms with Crippen LogP contribution >= 0.6 is 27.7 Å². The second kappa shape index (κ2) is 9.84. The topological polar surface area (TPSA) is 42.3 Å². The van der Waals surface area contributed by atoms with Gasteiger partial charge in [-0.1, -0.05) is 71.4 Å². The van der Waals surface area contributed by atoms with E-state index in [9.17, 15) is 14.0 Å². The molecule has 0 N–H and O–H groups in total. The van der Waals surface area contributed by atoms with Gasteiger partial charge in [0.1, 0.15) is 5.82 Å². The molecule has 35 heavy (non-hydrogen) atoms. The first kappa shape index (κ1) is 23.6. The maximum absolute atomic E-state index is 14.4. The van der Waals surface area contributed by atoms with E-state index in [0.29, 0.717) is 17.0 Å². The lowest BCUT2D eigenvalue weighted by molar-refractivity contribution is -0.123. The number of aromatic nitrogens is 1. The van der Waals surface area contributed by atoms with Crippen LogP contribution in [0.5, 0.6) is 0 Å². The van der Waals surface area contributed by atoms with Crippen LogP contribution in [0.25, 0.3) is 17.0 Å². The Labute approximate surface area is 215 Å². The third-order valence-electron chi connectivity index (χ3n) is 6.11. The van der Waals surface area contributed by atoms with Crippen LogP contribution in [-0.4, -0.2) is 20.6 Å². The second-order valence-corrected chi connectivity index (χ2v) is 10.3. The van der Waals surface area contributed by atoms with Gasteiger partial charge in [-0.25, -0.2) is 4.39 Å². The first-order valence-electron chi connectivity index (χ1n) is 11.3. The van der Waals surface area contributed by atoms with E-state index >= 15 is 0 Å². The molecule has 0 spiro atoms. The smallest absolute Gasteiger partial charge is 0.293 e. The van der Waals surface area contributed by atoms with Crippen molar-refractivity contribution in [1.29, 1.82) is 0 Å². The fourth-order valence-corrected chi connectivity index (χ4v) is 5.44. The number of carbonyl (C=O) groups excluding carboxylic acids is 2. The zero-order valence-electron chi connectivity index (χ0n) is 19.0. The maximum Gasteiger partial charge on any atom is 0.293 e. The Kier molecular flexibility index (Phi) is 6.62. The number of aryl methyl sites for hydroxylation is 1. The molecule has 1 fully saturated rings. The van der Waals surface area contributed by atoms with E-state index in [2.05, 4.69) is 28.9 Å². The van der Waals surface area contributed by atoms with E-state index in [4.69, 9.17) is 0 Å². The number of thioether (sulfide) groups is 1. The molecule has 1 saturated heterocycles. The summed E-state index contributed by atoms with van der Waals surface area (Å²) in [6, 6.07) is 20.4. The molecule has 0 aliphatic carbocycles. The third kappa shape index (κ3) is 4.70. The normalized spacial score (nSPS) is 15.1. The zero-order chi connectivity index (χ0) is 24.5. The van der Waals surface area contributed by atoms with Gasteiger partial charge in [-0.2, -0.15) is 0 Å². The maximum atomic E-state index is 14.4. The van der Waals surface area contributed by atoms with E-state index in [1.54, 1.807) is 18.2 Å². The van der Waals surface area contributed by atoms with Crippen LogP contribution in [0.4, 0.5) is 9.18 Å². The molecule has 0 bridgehead atoms. The van der Waals surface area contributed by atoms with Gasteiger partial charge in [0.15, 0.2) is 0 Å². The largest absolute Gasteiger partial charge is 0.342 e. The minimum atomic E-state index is -0.301. The predicted octanol–water partition coefficient (Wildman–Crippen LogP) is 7.39. The quantitative estimate of drug-likeness (QED) is 0.236. The number of amides is 2. The van der Waals surface area contributed by atoms with E-state index in [-0.39, 0.29) is 23.5 Å². The minimum Gasteiger partial charge on any atom is -0.342 e. The number of imide groups is 1. The van der Waals surface area contributed by atoms with Gasteiger partial charge in [0, 0.05) is 27.2 Å². The molecule has 1 aromatic heterocycles. The first-order chi connectivity index (χ1) is 16.9. The summed E-state index contributed by atoms with van der Waals surface area (Å²) in [5.41, 5.74) is 4.46. The zero-order valence-corrected chi connectivity index (χ0v) is 21.4. The average Bonchev–Trinajstić information content (AvgIpc) is 3.33. The Morgan fingerprint density at radius 2 is 1.69 bits per heavy atom. The van der Waals surface area contributed by atoms with Gasteiger partial charge in [-0.15, -0.1) is 0 Å². The summed E-state index contributed by atoms with van der Waals surface area (Å²) >= 11 is 4.35. The Bertz CT molecular complexity index is 1480. The van der Waals surface area contributed by atoms with Gasteiger partial charge in [0.05, 0.1) is 23.5 Å². The number of hydrogen-bond donors (Lipinski definition) is 0. The molecule has 0 unspecified atom stereocenters. The highest BCUT2D eigenvalue weighted by atomic mass is 79.9. The summed E-state index contributed by atoms with van der Waals surface area (Å²) < 4.78 is 17.4. The lowest BCUT2D eigenvalue weighted by Gasteiger charge is -2.12. The molecule has 0 saturated carbocycles. The van der Waals surface area contributed by atoms with Crippen molar-refractivity contribution >= 4 is 55.8 Å². The van der Waals surface area contributed by atoms with Crippen LogP contribution < -0.4 is 0 Å². The van der Waals surface area contributed by atoms with Crippen LogP contribution in [0.2, 0.25) is 0 Å². The number of carbonyl (C=O) groups is 2. The molecular weight excluding hydrogens is 527 g/mol. The van der Waals surface area contributed by atoms with Crippen LogP contribution in [-0.2, 0) is 24.3 Å². The average molecular weight is 549 g/mol. The molecule has 4 aromatic rings. The van der Waals surface area contributed by atoms with Crippen LogP contribution in [0.15, 0.2) is 82.3 Å². The van der Waals surface area contributed by atoms with Crippen molar-refractivity contribution < 1.29 is 14.0 Å². The third-order valence-corrected chi connectivity index (χ3v) is 7.54. The molecule has 4 nitrogen and oxygen atoms in total. The highest BCUT2D eigenvalue weighted by Crippen LogP contribution is 2.36. The summed E-state index contributed by atoms with van der Waals surface area (Å²) in [6.07, 6.45) is 4.55. The molecule has 2 heterocycles. The summed E-state index contributed by atoms with van der Waals surface area (Å²) in [6.45, 7) is 2.69. The van der Waals surface area contributed by atoms with E-state index < -0.39 is 0 Å². The highest BCUT2D eigenvalue weighted by molar-refractivity contribution is 9.10. The fraction of sp³-hybridized carbons (Fsp3) is 0.143. The first-order valence-corrected chi connectivity index (χ1v) is 12.9. The van der Waals surface area contributed by atoms with Crippen LogP contribution in [0, 0.1) is 5.82 Å². The van der Waals surface area contributed by atoms with Gasteiger partial charge in [-0.05, 0) is 53.6 Å². The Morgan fingerprint density at radius 1 is 0.943 bits per heavy atom. The van der Waals surface area contributed by atoms with Crippen molar-refractivity contribution in [1.82, 2.24) is 9.47 Å². The van der Waals surface area contributed by atoms with Crippen molar-refractivity contribution in [3.05, 3.63) is 110 Å². The van der Waals surface area contributed by atoms with Gasteiger partial charge >= 0.3 is 0 Å². The van der Waals surface area contributed by atoms with Gasteiger partial charge < -0.3 is 4.57 Å². The minimum absolute atomic E-state index is 0.227. The monoisotopic (exact) mass is 548 g/mol. The highest BCUT2D eigenvalue weighted by Gasteiger charge is 2.35. The van der Waals surface area contributed by atoms with Crippen LogP contribution in [0.1, 0.15) is 29.2 Å². The molecular formula is C28H22BrFN2O2S. The number of benzene rings is 3. The molecule has 1 aliphatic rings. The number of halogens is 2. The van der Waals surface area contributed by atoms with Crippen molar-refractivity contribution in [2.45, 2.75) is 26.4 Å². The van der Waals surface area contributed by atoms with Crippen molar-refractivity contribution in [3.8, 4) is 0 Å². The molecule has 1 aliphatic heterocycles. The van der Waals surface area contributed by atoms with Gasteiger partial charge in [0.25, 0.3) is 11.1 Å². The van der Waals surface area contributed by atoms with Crippen LogP contribution in [0.3, 0.4) is 0 Å². The second-order valence-electron chi connectivity index (χ2n) is 8.36. The number of rotatable bonds is 6. The molecule has 176 valence electrons. The Balaban J connectivity index is 1.51. The Hall–Kier alpha value is -3.16. The summed E-state index contributed by atoms with van der Waals surface area (Å²) in [5.74, 6) is -0.552. The van der Waals surface area contributed by atoms with Crippen molar-refractivity contribution in [2.24, 2.45) is 0 Å². The predicted molar refractivity (Wildman–Crippen MR) is 142 cm³/mol. The van der Waals surface area contributed by atoms with E-state index in [1.807, 2.05) is 53.2 Å². The fourth-order valence-electron chi connectivity index (χ4n) is 4.35. The molecule has 5 rings (SSSR count). The summed E-state index contributed by atoms with van der Waals surface area (Å²) in [7, 11) is 0. The molecule has 3 aromatic carbocycles. The number of hydrogen-bond acceptors (Lipinski definition) is 3. The molecule has 2 amide bonds. The standard InChI is InChI=1S/C28H22BrFN2O2S/c1-2-19-7-5-8-23-21(17-31(26(19)23)16-20-6-3-4-9-24(20)30)14-25-27(33)32(28(34)35-25)15-18-10-12-22(29)13-11-18/h3-14,17H,2,15-16H2,1H3/b25-14-. The number of nitrogens with zero attached hydrogens (tertiary/aromatic N) is 2. The SMILES string of the molecule is CCc1cccc2c(/C=C3\SC(=O)N(Cc4ccc(Br)cc4)C3=O)cn(Cc3ccccc3F)c12. The van der Waals surface area contributed by atoms with Crippen molar-refractivity contribution in [2.75, 3.05) is 0 Å². The summed E-state index contributed by atoms with van der Waals surface area (Å²) in [5, 5.41) is 0.689. The molecule has 0 radical (unpaired) electrons. The molecule has 0 atom stereocenters. The van der Waals surface area contributed by atoms with E-state index in [1.165, 1.54) is 11.0 Å². The molecule has 7 heteroatoms. The summed E-state index contributed by atoms with van der Waals surface area (Å²) in [4.78, 5) is 27.5. The lowest BCUT2D eigenvalue weighted by Crippen LogP contribution is -2.27. The van der Waals surface area contributed by atoms with Gasteiger partial charge in [-0.3, -0.25) is 14.5 Å². The van der Waals surface area contributed by atoms with Crippen molar-refractivity contribution in [3.63, 3.8) is 0 Å². The van der Waals surface area contributed by atoms with Gasteiger partial charge in [0.2, 0.25) is 0 Å². The number of para-hydroxylation sites is 1.